The normalized spacial score (nSPS) is 32.0. The molecule has 1 saturated heterocycles. The minimum Gasteiger partial charge on any atom is -0.388 e. The number of rotatable bonds is 8. The van der Waals surface area contributed by atoms with Crippen LogP contribution >= 0.6 is 0 Å². The summed E-state index contributed by atoms with van der Waals surface area (Å²) >= 11 is 0. The number of carbonyl (C=O) groups is 1. The van der Waals surface area contributed by atoms with Gasteiger partial charge in [-0.1, -0.05) is 32.6 Å². The summed E-state index contributed by atoms with van der Waals surface area (Å²) in [5.74, 6) is -0.394. The van der Waals surface area contributed by atoms with E-state index in [9.17, 15) is 25.2 Å². The molecule has 1 rings (SSSR count). The van der Waals surface area contributed by atoms with Crippen molar-refractivity contribution in [3.05, 3.63) is 0 Å². The summed E-state index contributed by atoms with van der Waals surface area (Å²) in [6.07, 6.45) is -1.51. The van der Waals surface area contributed by atoms with Gasteiger partial charge in [0.25, 0.3) is 0 Å². The van der Waals surface area contributed by atoms with E-state index in [1.165, 1.54) is 0 Å². The van der Waals surface area contributed by atoms with E-state index in [1.54, 1.807) is 0 Å². The second kappa shape index (κ2) is 8.69. The summed E-state index contributed by atoms with van der Waals surface area (Å²) in [7, 11) is 0. The Morgan fingerprint density at radius 3 is 2.45 bits per heavy atom. The predicted octanol–water partition coefficient (Wildman–Crippen LogP) is -0.242. The van der Waals surface area contributed by atoms with Crippen molar-refractivity contribution >= 4 is 5.78 Å². The van der Waals surface area contributed by atoms with Crippen molar-refractivity contribution in [2.24, 2.45) is 0 Å². The fourth-order valence-corrected chi connectivity index (χ4v) is 2.34. The smallest absolute Gasteiger partial charge is 0.164 e. The van der Waals surface area contributed by atoms with Gasteiger partial charge in [-0.3, -0.25) is 4.79 Å². The number of hydrogen-bond donors (Lipinski definition) is 4. The number of aliphatic hydroxyl groups is 4. The van der Waals surface area contributed by atoms with Gasteiger partial charge in [0, 0.05) is 6.42 Å². The Morgan fingerprint density at radius 2 is 1.80 bits per heavy atom. The maximum atomic E-state index is 11.8. The number of Topliss-reactive ketones (excluding diaryl/α,β-unsaturated/α-hetero) is 1. The van der Waals surface area contributed by atoms with Crippen molar-refractivity contribution in [3.63, 3.8) is 0 Å². The zero-order chi connectivity index (χ0) is 15.1. The molecule has 1 aliphatic heterocycles. The largest absolute Gasteiger partial charge is 0.388 e. The van der Waals surface area contributed by atoms with Crippen LogP contribution in [0.3, 0.4) is 0 Å². The van der Waals surface area contributed by atoms with Crippen LogP contribution in [0.25, 0.3) is 0 Å². The fraction of sp³-hybridized carbons (Fsp3) is 0.929. The van der Waals surface area contributed by atoms with Crippen LogP contribution in [0.4, 0.5) is 0 Å². The Balaban J connectivity index is 2.36. The molecule has 20 heavy (non-hydrogen) atoms. The van der Waals surface area contributed by atoms with E-state index in [4.69, 9.17) is 4.74 Å². The molecule has 1 fully saturated rings. The number of ether oxygens (including phenoxy) is 1. The van der Waals surface area contributed by atoms with E-state index in [0.29, 0.717) is 6.42 Å². The third-order valence-electron chi connectivity index (χ3n) is 3.71. The lowest BCUT2D eigenvalue weighted by atomic mass is 9.93. The van der Waals surface area contributed by atoms with Crippen LogP contribution in [-0.2, 0) is 9.53 Å². The molecule has 0 amide bonds. The molecular weight excluding hydrogens is 264 g/mol. The summed E-state index contributed by atoms with van der Waals surface area (Å²) in [5.41, 5.74) is 0. The highest BCUT2D eigenvalue weighted by Gasteiger charge is 2.42. The lowest BCUT2D eigenvalue weighted by Gasteiger charge is -2.37. The van der Waals surface area contributed by atoms with Crippen LogP contribution in [0.5, 0.6) is 0 Å². The highest BCUT2D eigenvalue weighted by atomic mass is 16.5. The Kier molecular flexibility index (Phi) is 7.61. The molecule has 118 valence electrons. The van der Waals surface area contributed by atoms with Gasteiger partial charge in [-0.15, -0.1) is 0 Å². The first kappa shape index (κ1) is 17.5. The third kappa shape index (κ3) is 4.79. The second-order valence-electron chi connectivity index (χ2n) is 5.42. The second-order valence-corrected chi connectivity index (χ2v) is 5.42. The van der Waals surface area contributed by atoms with Crippen LogP contribution in [0.2, 0.25) is 0 Å². The van der Waals surface area contributed by atoms with Crippen LogP contribution in [0, 0.1) is 0 Å². The van der Waals surface area contributed by atoms with Crippen LogP contribution < -0.4 is 0 Å². The Labute approximate surface area is 119 Å². The van der Waals surface area contributed by atoms with Gasteiger partial charge in [0.2, 0.25) is 0 Å². The number of aliphatic hydroxyl groups excluding tert-OH is 4. The van der Waals surface area contributed by atoms with Crippen molar-refractivity contribution in [1.82, 2.24) is 0 Å². The summed E-state index contributed by atoms with van der Waals surface area (Å²) in [6.45, 7) is 1.90. The Bertz CT molecular complexity index is 295. The van der Waals surface area contributed by atoms with Crippen LogP contribution in [0.1, 0.15) is 45.4 Å². The zero-order valence-electron chi connectivity index (χ0n) is 11.9. The quantitative estimate of drug-likeness (QED) is 0.460. The third-order valence-corrected chi connectivity index (χ3v) is 3.71. The summed E-state index contributed by atoms with van der Waals surface area (Å²) in [4.78, 5) is 11.8. The van der Waals surface area contributed by atoms with Crippen molar-refractivity contribution in [2.75, 3.05) is 6.61 Å². The monoisotopic (exact) mass is 290 g/mol. The highest BCUT2D eigenvalue weighted by Crippen LogP contribution is 2.20. The van der Waals surface area contributed by atoms with Gasteiger partial charge in [-0.2, -0.15) is 0 Å². The van der Waals surface area contributed by atoms with Gasteiger partial charge in [-0.05, 0) is 6.42 Å². The predicted molar refractivity (Wildman–Crippen MR) is 72.2 cm³/mol. The molecule has 0 aromatic heterocycles. The summed E-state index contributed by atoms with van der Waals surface area (Å²) in [6, 6.07) is 0. The lowest BCUT2D eigenvalue weighted by Crippen LogP contribution is -2.58. The molecule has 5 atom stereocenters. The van der Waals surface area contributed by atoms with E-state index < -0.39 is 36.3 Å². The standard InChI is InChI=1S/C14H26O6/c1-2-3-4-5-6-7-9(15)12(18)14-13(19)11(17)10(16)8-20-14/h10-14,16-19H,2-8H2,1H3/t10-,11+,12?,13-,14?/m1/s1. The molecule has 0 aromatic carbocycles. The van der Waals surface area contributed by atoms with Crippen molar-refractivity contribution in [3.8, 4) is 0 Å². The molecule has 4 N–H and O–H groups in total. The Hall–Kier alpha value is -0.530. The molecule has 1 aliphatic rings. The van der Waals surface area contributed by atoms with E-state index in [0.717, 1.165) is 25.7 Å². The minimum absolute atomic E-state index is 0.205. The molecule has 0 aliphatic carbocycles. The first-order chi connectivity index (χ1) is 9.49. The summed E-state index contributed by atoms with van der Waals surface area (Å²) in [5, 5.41) is 38.4. The average molecular weight is 290 g/mol. The molecule has 0 saturated carbocycles. The zero-order valence-corrected chi connectivity index (χ0v) is 11.9. The first-order valence-corrected chi connectivity index (χ1v) is 7.35. The lowest BCUT2D eigenvalue weighted by molar-refractivity contribution is -0.210. The SMILES string of the molecule is CCCCCCCC(=O)C(O)C1OC[C@@H](O)[C@H](O)[C@H]1O. The molecular formula is C14H26O6. The van der Waals surface area contributed by atoms with E-state index >= 15 is 0 Å². The van der Waals surface area contributed by atoms with Gasteiger partial charge in [0.05, 0.1) is 6.61 Å². The molecule has 0 spiro atoms. The highest BCUT2D eigenvalue weighted by molar-refractivity contribution is 5.83. The molecule has 6 nitrogen and oxygen atoms in total. The maximum absolute atomic E-state index is 11.8. The maximum Gasteiger partial charge on any atom is 0.164 e. The molecule has 1 heterocycles. The van der Waals surface area contributed by atoms with Gasteiger partial charge in [-0.25, -0.2) is 0 Å². The number of unbranched alkanes of at least 4 members (excludes halogenated alkanes) is 4. The topological polar surface area (TPSA) is 107 Å². The first-order valence-electron chi connectivity index (χ1n) is 7.35. The fourth-order valence-electron chi connectivity index (χ4n) is 2.34. The molecule has 0 radical (unpaired) electrons. The van der Waals surface area contributed by atoms with E-state index in [1.807, 2.05) is 0 Å². The van der Waals surface area contributed by atoms with Gasteiger partial charge >= 0.3 is 0 Å². The average Bonchev–Trinajstić information content (AvgIpc) is 2.44. The molecule has 6 heteroatoms. The minimum atomic E-state index is -1.46. The van der Waals surface area contributed by atoms with Gasteiger partial charge in [0.1, 0.15) is 30.5 Å². The molecule has 0 aromatic rings. The van der Waals surface area contributed by atoms with Crippen LogP contribution in [0.15, 0.2) is 0 Å². The molecule has 2 unspecified atom stereocenters. The molecule has 0 bridgehead atoms. The van der Waals surface area contributed by atoms with E-state index in [-0.39, 0.29) is 13.0 Å². The van der Waals surface area contributed by atoms with Crippen LogP contribution in [-0.4, -0.2) is 63.3 Å². The van der Waals surface area contributed by atoms with Gasteiger partial charge < -0.3 is 25.2 Å². The van der Waals surface area contributed by atoms with E-state index in [2.05, 4.69) is 6.92 Å². The summed E-state index contributed by atoms with van der Waals surface area (Å²) < 4.78 is 5.07. The number of carbonyl (C=O) groups excluding carboxylic acids is 1. The Morgan fingerprint density at radius 1 is 1.15 bits per heavy atom. The number of hydrogen-bond acceptors (Lipinski definition) is 6. The van der Waals surface area contributed by atoms with Gasteiger partial charge in [0.15, 0.2) is 5.78 Å². The number of ketones is 1. The van der Waals surface area contributed by atoms with Crippen molar-refractivity contribution < 1.29 is 30.0 Å². The van der Waals surface area contributed by atoms with Crippen molar-refractivity contribution in [2.45, 2.75) is 76.0 Å². The van der Waals surface area contributed by atoms with Crippen molar-refractivity contribution in [1.29, 1.82) is 0 Å².